The van der Waals surface area contributed by atoms with Crippen LogP contribution in [-0.2, 0) is 0 Å². The molecule has 0 heterocycles. The molecular formula is C12H14BrF4N. The number of rotatable bonds is 6. The van der Waals surface area contributed by atoms with Crippen LogP contribution in [0.15, 0.2) is 28.7 Å². The van der Waals surface area contributed by atoms with Crippen LogP contribution < -0.4 is 5.32 Å². The summed E-state index contributed by atoms with van der Waals surface area (Å²) in [5.74, 6) is -4.00. The Labute approximate surface area is 112 Å². The molecule has 0 bridgehead atoms. The summed E-state index contributed by atoms with van der Waals surface area (Å²) < 4.78 is 50.5. The van der Waals surface area contributed by atoms with Crippen LogP contribution in [-0.4, -0.2) is 18.9 Å². The molecule has 0 spiro atoms. The van der Waals surface area contributed by atoms with Gasteiger partial charge in [0.1, 0.15) is 0 Å². The van der Waals surface area contributed by atoms with Gasteiger partial charge in [0.15, 0.2) is 0 Å². The Balaban J connectivity index is 2.66. The fourth-order valence-electron chi connectivity index (χ4n) is 1.53. The first-order chi connectivity index (χ1) is 8.36. The van der Waals surface area contributed by atoms with Gasteiger partial charge in [-0.2, -0.15) is 8.78 Å². The Morgan fingerprint density at radius 1 is 1.22 bits per heavy atom. The molecular weight excluding hydrogens is 314 g/mol. The van der Waals surface area contributed by atoms with Crippen molar-refractivity contribution in [1.82, 2.24) is 5.32 Å². The molecule has 0 aliphatic rings. The van der Waals surface area contributed by atoms with Crippen molar-refractivity contribution < 1.29 is 17.6 Å². The van der Waals surface area contributed by atoms with E-state index in [1.54, 1.807) is 31.2 Å². The molecule has 0 amide bonds. The normalized spacial score (nSPS) is 13.9. The first-order valence-corrected chi connectivity index (χ1v) is 6.31. The largest absolute Gasteiger partial charge is 0.319 e. The van der Waals surface area contributed by atoms with Crippen molar-refractivity contribution in [3.63, 3.8) is 0 Å². The maximum atomic E-state index is 12.8. The van der Waals surface area contributed by atoms with E-state index in [1.165, 1.54) is 0 Å². The van der Waals surface area contributed by atoms with Gasteiger partial charge in [0.2, 0.25) is 0 Å². The minimum atomic E-state index is -4.00. The zero-order chi connectivity index (χ0) is 13.8. The second kappa shape index (κ2) is 6.52. The van der Waals surface area contributed by atoms with Crippen molar-refractivity contribution in [2.75, 3.05) is 6.54 Å². The first-order valence-electron chi connectivity index (χ1n) is 5.51. The van der Waals surface area contributed by atoms with Gasteiger partial charge < -0.3 is 5.32 Å². The number of benzene rings is 1. The SMILES string of the molecule is CCC(NCC(F)(F)C(F)F)c1ccc(Br)cc1. The zero-order valence-corrected chi connectivity index (χ0v) is 11.4. The van der Waals surface area contributed by atoms with E-state index in [9.17, 15) is 17.6 Å². The van der Waals surface area contributed by atoms with Crippen LogP contribution >= 0.6 is 15.9 Å². The molecule has 6 heteroatoms. The van der Waals surface area contributed by atoms with Crippen molar-refractivity contribution in [1.29, 1.82) is 0 Å². The standard InChI is InChI=1S/C12H14BrF4N/c1-2-10(8-3-5-9(13)6-4-8)18-7-12(16,17)11(14)15/h3-6,10-11,18H,2,7H2,1H3. The van der Waals surface area contributed by atoms with E-state index in [-0.39, 0.29) is 6.04 Å². The molecule has 102 valence electrons. The average molecular weight is 328 g/mol. The topological polar surface area (TPSA) is 12.0 Å². The van der Waals surface area contributed by atoms with E-state index in [1.807, 2.05) is 0 Å². The Morgan fingerprint density at radius 2 is 1.78 bits per heavy atom. The summed E-state index contributed by atoms with van der Waals surface area (Å²) in [6, 6.07) is 6.75. The molecule has 0 saturated heterocycles. The molecule has 0 aliphatic heterocycles. The third kappa shape index (κ3) is 4.24. The van der Waals surface area contributed by atoms with Gasteiger partial charge in [-0.3, -0.25) is 0 Å². The van der Waals surface area contributed by atoms with Crippen LogP contribution in [0, 0.1) is 0 Å². The molecule has 1 nitrogen and oxygen atoms in total. The van der Waals surface area contributed by atoms with Crippen molar-refractivity contribution in [2.24, 2.45) is 0 Å². The summed E-state index contributed by atoms with van der Waals surface area (Å²) in [6.45, 7) is 0.777. The van der Waals surface area contributed by atoms with Gasteiger partial charge in [0.25, 0.3) is 0 Å². The molecule has 1 N–H and O–H groups in total. The molecule has 0 fully saturated rings. The summed E-state index contributed by atoms with van der Waals surface area (Å²) in [6.07, 6.45) is -3.10. The van der Waals surface area contributed by atoms with Crippen molar-refractivity contribution in [2.45, 2.75) is 31.7 Å². The molecule has 1 aromatic rings. The highest BCUT2D eigenvalue weighted by Gasteiger charge is 2.40. The van der Waals surface area contributed by atoms with Crippen molar-refractivity contribution in [3.05, 3.63) is 34.3 Å². The third-order valence-corrected chi connectivity index (χ3v) is 3.11. The number of alkyl halides is 4. The predicted octanol–water partition coefficient (Wildman–Crippen LogP) is 4.39. The quantitative estimate of drug-likeness (QED) is 0.764. The monoisotopic (exact) mass is 327 g/mol. The van der Waals surface area contributed by atoms with E-state index in [0.29, 0.717) is 6.42 Å². The Kier molecular flexibility index (Phi) is 5.59. The van der Waals surface area contributed by atoms with Gasteiger partial charge in [-0.15, -0.1) is 0 Å². The average Bonchev–Trinajstić information content (AvgIpc) is 2.31. The molecule has 1 atom stereocenters. The summed E-state index contributed by atoms with van der Waals surface area (Å²) >= 11 is 3.27. The van der Waals surface area contributed by atoms with Gasteiger partial charge in [-0.1, -0.05) is 35.0 Å². The van der Waals surface area contributed by atoms with Gasteiger partial charge >= 0.3 is 12.3 Å². The van der Waals surface area contributed by atoms with Gasteiger partial charge in [0.05, 0.1) is 6.54 Å². The van der Waals surface area contributed by atoms with Crippen LogP contribution in [0.1, 0.15) is 24.9 Å². The van der Waals surface area contributed by atoms with Gasteiger partial charge in [0, 0.05) is 10.5 Å². The maximum Gasteiger partial charge on any atom is 0.319 e. The van der Waals surface area contributed by atoms with E-state index in [2.05, 4.69) is 21.2 Å². The molecule has 18 heavy (non-hydrogen) atoms. The minimum absolute atomic E-state index is 0.359. The van der Waals surface area contributed by atoms with Crippen LogP contribution in [0.3, 0.4) is 0 Å². The summed E-state index contributed by atoms with van der Waals surface area (Å²) in [5, 5.41) is 2.48. The zero-order valence-electron chi connectivity index (χ0n) is 9.77. The summed E-state index contributed by atoms with van der Waals surface area (Å²) in [5.41, 5.74) is 0.797. The molecule has 0 aromatic heterocycles. The summed E-state index contributed by atoms with van der Waals surface area (Å²) in [4.78, 5) is 0. The highest BCUT2D eigenvalue weighted by molar-refractivity contribution is 9.10. The van der Waals surface area contributed by atoms with Gasteiger partial charge in [-0.05, 0) is 24.1 Å². The van der Waals surface area contributed by atoms with Crippen molar-refractivity contribution in [3.8, 4) is 0 Å². The maximum absolute atomic E-state index is 12.8. The highest BCUT2D eigenvalue weighted by Crippen LogP contribution is 2.24. The lowest BCUT2D eigenvalue weighted by Crippen LogP contribution is -2.40. The van der Waals surface area contributed by atoms with Crippen molar-refractivity contribution >= 4 is 15.9 Å². The minimum Gasteiger partial charge on any atom is -0.304 e. The van der Waals surface area contributed by atoms with E-state index in [0.717, 1.165) is 10.0 Å². The second-order valence-corrected chi connectivity index (χ2v) is 4.87. The smallest absolute Gasteiger partial charge is 0.304 e. The first kappa shape index (κ1) is 15.4. The molecule has 0 saturated carbocycles. The molecule has 1 rings (SSSR count). The van der Waals surface area contributed by atoms with E-state index < -0.39 is 18.9 Å². The predicted molar refractivity (Wildman–Crippen MR) is 66.1 cm³/mol. The number of hydrogen-bond acceptors (Lipinski definition) is 1. The van der Waals surface area contributed by atoms with E-state index in [4.69, 9.17) is 0 Å². The lowest BCUT2D eigenvalue weighted by molar-refractivity contribution is -0.126. The third-order valence-electron chi connectivity index (χ3n) is 2.58. The fraction of sp³-hybridized carbons (Fsp3) is 0.500. The Hall–Kier alpha value is -0.620. The second-order valence-electron chi connectivity index (χ2n) is 3.96. The van der Waals surface area contributed by atoms with Gasteiger partial charge in [-0.25, -0.2) is 8.78 Å². The Morgan fingerprint density at radius 3 is 2.22 bits per heavy atom. The van der Waals surface area contributed by atoms with Crippen LogP contribution in [0.25, 0.3) is 0 Å². The summed E-state index contributed by atoms with van der Waals surface area (Å²) in [7, 11) is 0. The number of halogens is 5. The molecule has 1 aromatic carbocycles. The Bertz CT molecular complexity index is 367. The molecule has 0 radical (unpaired) electrons. The lowest BCUT2D eigenvalue weighted by Gasteiger charge is -2.22. The fourth-order valence-corrected chi connectivity index (χ4v) is 1.79. The van der Waals surface area contributed by atoms with Crippen LogP contribution in [0.2, 0.25) is 0 Å². The molecule has 1 unspecified atom stereocenters. The van der Waals surface area contributed by atoms with E-state index >= 15 is 0 Å². The lowest BCUT2D eigenvalue weighted by atomic mass is 10.0. The molecule has 0 aliphatic carbocycles. The number of hydrogen-bond donors (Lipinski definition) is 1. The van der Waals surface area contributed by atoms with Crippen LogP contribution in [0.4, 0.5) is 17.6 Å². The number of nitrogens with one attached hydrogen (secondary N) is 1. The van der Waals surface area contributed by atoms with Crippen LogP contribution in [0.5, 0.6) is 0 Å². The highest BCUT2D eigenvalue weighted by atomic mass is 79.9.